The summed E-state index contributed by atoms with van der Waals surface area (Å²) in [7, 11) is 0. The Morgan fingerprint density at radius 3 is 2.91 bits per heavy atom. The molecule has 2 N–H and O–H groups in total. The summed E-state index contributed by atoms with van der Waals surface area (Å²) < 4.78 is 0.630. The number of hydrogen-bond acceptors (Lipinski definition) is 6. The number of nitrogens with one attached hydrogen (secondary N) is 1. The van der Waals surface area contributed by atoms with Crippen molar-refractivity contribution in [3.63, 3.8) is 0 Å². The molecule has 7 heteroatoms. The Morgan fingerprint density at radius 1 is 1.32 bits per heavy atom. The number of thiophene rings is 1. The zero-order chi connectivity index (χ0) is 15.7. The van der Waals surface area contributed by atoms with E-state index in [4.69, 9.17) is 0 Å². The molecule has 0 spiro atoms. The molecule has 0 aliphatic heterocycles. The van der Waals surface area contributed by atoms with Crippen LogP contribution in [0.1, 0.15) is 16.0 Å². The van der Waals surface area contributed by atoms with Gasteiger partial charge in [-0.3, -0.25) is 5.43 Å². The highest BCUT2D eigenvalue weighted by molar-refractivity contribution is 9.10. The number of phenols is 1. The third kappa shape index (κ3) is 2.82. The summed E-state index contributed by atoms with van der Waals surface area (Å²) >= 11 is 4.93. The lowest BCUT2D eigenvalue weighted by molar-refractivity contribution is 0.472. The molecule has 0 radical (unpaired) electrons. The van der Waals surface area contributed by atoms with Gasteiger partial charge in [0.15, 0.2) is 5.82 Å². The fourth-order valence-electron chi connectivity index (χ4n) is 2.04. The van der Waals surface area contributed by atoms with Crippen LogP contribution in [0, 0.1) is 13.8 Å². The first kappa shape index (κ1) is 14.9. The SMILES string of the molecule is Cc1sc2ncnc(N/N=C/c3ccc(O)c(Br)c3)c2c1C. The third-order valence-electron chi connectivity index (χ3n) is 3.32. The van der Waals surface area contributed by atoms with Crippen LogP contribution >= 0.6 is 27.3 Å². The van der Waals surface area contributed by atoms with Crippen molar-refractivity contribution in [1.29, 1.82) is 0 Å². The first-order valence-corrected chi connectivity index (χ1v) is 8.15. The number of fused-ring (bicyclic) bond motifs is 1. The first-order valence-electron chi connectivity index (χ1n) is 6.54. The zero-order valence-electron chi connectivity index (χ0n) is 12.0. The number of hydrazone groups is 1. The van der Waals surface area contributed by atoms with Crippen molar-refractivity contribution < 1.29 is 5.11 Å². The monoisotopic (exact) mass is 376 g/mol. The summed E-state index contributed by atoms with van der Waals surface area (Å²) in [4.78, 5) is 10.7. The van der Waals surface area contributed by atoms with E-state index >= 15 is 0 Å². The molecule has 0 saturated carbocycles. The van der Waals surface area contributed by atoms with Gasteiger partial charge in [-0.25, -0.2) is 9.97 Å². The van der Waals surface area contributed by atoms with Crippen molar-refractivity contribution in [1.82, 2.24) is 9.97 Å². The minimum Gasteiger partial charge on any atom is -0.507 e. The van der Waals surface area contributed by atoms with Crippen molar-refractivity contribution in [3.8, 4) is 5.75 Å². The van der Waals surface area contributed by atoms with E-state index < -0.39 is 0 Å². The fourth-order valence-corrected chi connectivity index (χ4v) is 3.43. The van der Waals surface area contributed by atoms with Crippen molar-refractivity contribution in [2.24, 2.45) is 5.10 Å². The Bertz CT molecular complexity index is 875. The first-order chi connectivity index (χ1) is 10.6. The van der Waals surface area contributed by atoms with Gasteiger partial charge < -0.3 is 5.11 Å². The minimum atomic E-state index is 0.201. The van der Waals surface area contributed by atoms with Crippen LogP contribution in [0.15, 0.2) is 34.1 Å². The zero-order valence-corrected chi connectivity index (χ0v) is 14.4. The molecule has 2 aromatic heterocycles. The number of halogens is 1. The second-order valence-corrected chi connectivity index (χ2v) is 6.82. The highest BCUT2D eigenvalue weighted by Crippen LogP contribution is 2.32. The van der Waals surface area contributed by atoms with Gasteiger partial charge >= 0.3 is 0 Å². The maximum absolute atomic E-state index is 9.48. The van der Waals surface area contributed by atoms with Crippen molar-refractivity contribution in [3.05, 3.63) is 45.0 Å². The van der Waals surface area contributed by atoms with Gasteiger partial charge in [-0.1, -0.05) is 0 Å². The summed E-state index contributed by atoms with van der Waals surface area (Å²) in [5.41, 5.74) is 5.01. The van der Waals surface area contributed by atoms with Crippen LogP contribution < -0.4 is 5.43 Å². The lowest BCUT2D eigenvalue weighted by atomic mass is 10.2. The second-order valence-electron chi connectivity index (χ2n) is 4.77. The summed E-state index contributed by atoms with van der Waals surface area (Å²) in [6, 6.07) is 5.18. The normalized spacial score (nSPS) is 11.4. The molecule has 2 heterocycles. The lowest BCUT2D eigenvalue weighted by Crippen LogP contribution is -1.95. The maximum Gasteiger partial charge on any atom is 0.158 e. The Balaban J connectivity index is 1.87. The molecule has 5 nitrogen and oxygen atoms in total. The molecule has 0 unspecified atom stereocenters. The number of aryl methyl sites for hydroxylation is 2. The molecule has 0 aliphatic carbocycles. The van der Waals surface area contributed by atoms with Crippen LogP contribution in [0.25, 0.3) is 10.2 Å². The molecule has 3 aromatic rings. The van der Waals surface area contributed by atoms with Gasteiger partial charge in [-0.05, 0) is 59.1 Å². The molecular weight excluding hydrogens is 364 g/mol. The number of benzene rings is 1. The average Bonchev–Trinajstić information content (AvgIpc) is 2.79. The average molecular weight is 377 g/mol. The number of phenolic OH excluding ortho intramolecular Hbond substituents is 1. The molecular formula is C15H13BrN4OS. The molecule has 1 aromatic carbocycles. The number of anilines is 1. The smallest absolute Gasteiger partial charge is 0.158 e. The molecule has 112 valence electrons. The largest absolute Gasteiger partial charge is 0.507 e. The minimum absolute atomic E-state index is 0.201. The number of rotatable bonds is 3. The van der Waals surface area contributed by atoms with E-state index in [9.17, 15) is 5.11 Å². The van der Waals surface area contributed by atoms with Crippen LogP contribution in [0.3, 0.4) is 0 Å². The molecule has 0 atom stereocenters. The van der Waals surface area contributed by atoms with E-state index in [1.54, 1.807) is 35.8 Å². The van der Waals surface area contributed by atoms with E-state index in [0.29, 0.717) is 10.3 Å². The maximum atomic E-state index is 9.48. The standard InChI is InChI=1S/C15H13BrN4OS/c1-8-9(2)22-15-13(8)14(17-7-18-15)20-19-6-10-3-4-12(21)11(16)5-10/h3-7,21H,1-2H3,(H,17,18,20)/b19-6+. The molecule has 0 bridgehead atoms. The van der Waals surface area contributed by atoms with E-state index in [2.05, 4.69) is 50.3 Å². The highest BCUT2D eigenvalue weighted by Gasteiger charge is 2.11. The number of aromatic hydroxyl groups is 1. The molecule has 0 saturated heterocycles. The summed E-state index contributed by atoms with van der Waals surface area (Å²) in [5, 5.41) is 14.7. The van der Waals surface area contributed by atoms with Crippen LogP contribution in [-0.2, 0) is 0 Å². The van der Waals surface area contributed by atoms with Crippen LogP contribution in [0.2, 0.25) is 0 Å². The van der Waals surface area contributed by atoms with E-state index in [0.717, 1.165) is 15.8 Å². The van der Waals surface area contributed by atoms with E-state index in [1.165, 1.54) is 16.8 Å². The number of nitrogens with zero attached hydrogens (tertiary/aromatic N) is 3. The Labute approximate surface area is 139 Å². The fraction of sp³-hybridized carbons (Fsp3) is 0.133. The number of aromatic nitrogens is 2. The predicted molar refractivity (Wildman–Crippen MR) is 93.9 cm³/mol. The second kappa shape index (κ2) is 6.02. The van der Waals surface area contributed by atoms with E-state index in [1.807, 2.05) is 0 Å². The van der Waals surface area contributed by atoms with Crippen LogP contribution in [0.4, 0.5) is 5.82 Å². The summed E-state index contributed by atoms with van der Waals surface area (Å²) in [6.07, 6.45) is 3.21. The van der Waals surface area contributed by atoms with Gasteiger partial charge in [0.2, 0.25) is 0 Å². The summed E-state index contributed by atoms with van der Waals surface area (Å²) in [5.74, 6) is 0.896. The van der Waals surface area contributed by atoms with Crippen molar-refractivity contribution in [2.75, 3.05) is 5.43 Å². The van der Waals surface area contributed by atoms with Gasteiger partial charge in [0, 0.05) is 4.88 Å². The molecule has 22 heavy (non-hydrogen) atoms. The van der Waals surface area contributed by atoms with Crippen LogP contribution in [0.5, 0.6) is 5.75 Å². The topological polar surface area (TPSA) is 70.4 Å². The van der Waals surface area contributed by atoms with Gasteiger partial charge in [0.05, 0.1) is 16.1 Å². The third-order valence-corrected chi connectivity index (χ3v) is 5.07. The van der Waals surface area contributed by atoms with Gasteiger partial charge in [-0.15, -0.1) is 11.3 Å². The molecule has 0 aliphatic rings. The van der Waals surface area contributed by atoms with Gasteiger partial charge in [-0.2, -0.15) is 5.10 Å². The number of hydrogen-bond donors (Lipinski definition) is 2. The van der Waals surface area contributed by atoms with Crippen molar-refractivity contribution >= 4 is 49.5 Å². The Hall–Kier alpha value is -1.99. The Morgan fingerprint density at radius 2 is 2.14 bits per heavy atom. The van der Waals surface area contributed by atoms with Gasteiger partial charge in [0.1, 0.15) is 16.9 Å². The van der Waals surface area contributed by atoms with Gasteiger partial charge in [0.25, 0.3) is 0 Å². The van der Waals surface area contributed by atoms with Crippen LogP contribution in [-0.4, -0.2) is 21.3 Å². The molecule has 3 rings (SSSR count). The predicted octanol–water partition coefficient (Wildman–Crippen LogP) is 4.22. The quantitative estimate of drug-likeness (QED) is 0.530. The molecule has 0 fully saturated rings. The lowest BCUT2D eigenvalue weighted by Gasteiger charge is -2.02. The summed E-state index contributed by atoms with van der Waals surface area (Å²) in [6.45, 7) is 4.13. The Kier molecular flexibility index (Phi) is 4.08. The highest BCUT2D eigenvalue weighted by atomic mass is 79.9. The van der Waals surface area contributed by atoms with Crippen molar-refractivity contribution in [2.45, 2.75) is 13.8 Å². The van der Waals surface area contributed by atoms with E-state index in [-0.39, 0.29) is 5.75 Å². The molecule has 0 amide bonds.